The highest BCUT2D eigenvalue weighted by atomic mass is 35.5. The molecule has 2 nitrogen and oxygen atoms in total. The zero-order valence-corrected chi connectivity index (χ0v) is 10.1. The monoisotopic (exact) mass is 274 g/mol. The molecule has 78 valence electrons. The summed E-state index contributed by atoms with van der Waals surface area (Å²) in [4.78, 5) is 11.8. The first-order chi connectivity index (χ1) is 6.22. The number of halogens is 4. The van der Waals surface area contributed by atoms with Crippen molar-refractivity contribution < 1.29 is 9.53 Å². The van der Waals surface area contributed by atoms with Gasteiger partial charge in [-0.2, -0.15) is 0 Å². The fourth-order valence-corrected chi connectivity index (χ4v) is 2.78. The second-order valence-electron chi connectivity index (χ2n) is 3.53. The molecule has 0 aromatic heterocycles. The summed E-state index contributed by atoms with van der Waals surface area (Å²) in [7, 11) is 0. The van der Waals surface area contributed by atoms with Crippen LogP contribution in [0.4, 0.5) is 0 Å². The number of ketones is 1. The van der Waals surface area contributed by atoms with E-state index in [1.165, 1.54) is 0 Å². The number of Topliss-reactive ketones (excluding diaryl/α,β-unsaturated/α-hetero) is 1. The van der Waals surface area contributed by atoms with Gasteiger partial charge >= 0.3 is 0 Å². The summed E-state index contributed by atoms with van der Waals surface area (Å²) >= 11 is 23.5. The Kier molecular flexibility index (Phi) is 2.21. The lowest BCUT2D eigenvalue weighted by Gasteiger charge is -2.44. The van der Waals surface area contributed by atoms with Crippen LogP contribution in [0.25, 0.3) is 0 Å². The molecule has 2 bridgehead atoms. The second-order valence-corrected chi connectivity index (χ2v) is 6.24. The van der Waals surface area contributed by atoms with Crippen molar-refractivity contribution in [2.24, 2.45) is 0 Å². The summed E-state index contributed by atoms with van der Waals surface area (Å²) in [5.74, 6) is -0.639. The van der Waals surface area contributed by atoms with E-state index in [9.17, 15) is 4.79 Å². The average Bonchev–Trinajstić information content (AvgIpc) is 2.45. The number of carbonyl (C=O) groups is 1. The number of carbonyl (C=O) groups excluding carboxylic acids is 1. The van der Waals surface area contributed by atoms with Gasteiger partial charge in [-0.15, -0.1) is 0 Å². The van der Waals surface area contributed by atoms with Gasteiger partial charge in [-0.25, -0.2) is 0 Å². The molecule has 2 atom stereocenters. The van der Waals surface area contributed by atoms with E-state index in [0.29, 0.717) is 0 Å². The van der Waals surface area contributed by atoms with Crippen LogP contribution in [-0.4, -0.2) is 26.2 Å². The standard InChI is InChI=1S/C8H6Cl4O2/c1-6-3-2-4(14-6)7(9,10)5(13)8(6,11)12/h2-4H,1H3. The molecule has 0 aromatic rings. The molecule has 2 heterocycles. The molecule has 0 aromatic carbocycles. The molecule has 0 aliphatic carbocycles. The van der Waals surface area contributed by atoms with Gasteiger partial charge in [-0.1, -0.05) is 58.6 Å². The van der Waals surface area contributed by atoms with E-state index < -0.39 is 26.2 Å². The third kappa shape index (κ3) is 1.12. The van der Waals surface area contributed by atoms with Crippen LogP contribution < -0.4 is 0 Å². The van der Waals surface area contributed by atoms with E-state index >= 15 is 0 Å². The van der Waals surface area contributed by atoms with E-state index in [1.807, 2.05) is 0 Å². The molecule has 2 aliphatic heterocycles. The Hall–Kier alpha value is 0.530. The molecule has 2 unspecified atom stereocenters. The van der Waals surface area contributed by atoms with Gasteiger partial charge in [0.1, 0.15) is 11.7 Å². The summed E-state index contributed by atoms with van der Waals surface area (Å²) in [6.45, 7) is 1.62. The SMILES string of the molecule is CC12C=CC(O1)C(Cl)(Cl)C(=O)C2(Cl)Cl. The van der Waals surface area contributed by atoms with Gasteiger partial charge in [0.15, 0.2) is 0 Å². The maximum atomic E-state index is 11.8. The quantitative estimate of drug-likeness (QED) is 0.502. The Balaban J connectivity index is 2.55. The molecular formula is C8H6Cl4O2. The number of hydrogen-bond acceptors (Lipinski definition) is 2. The Bertz CT molecular complexity index is 336. The molecule has 1 saturated heterocycles. The van der Waals surface area contributed by atoms with Crippen molar-refractivity contribution in [1.82, 2.24) is 0 Å². The Morgan fingerprint density at radius 3 is 2.50 bits per heavy atom. The van der Waals surface area contributed by atoms with Gasteiger partial charge < -0.3 is 4.74 Å². The second kappa shape index (κ2) is 2.80. The van der Waals surface area contributed by atoms with Crippen LogP contribution in [0.3, 0.4) is 0 Å². The highest BCUT2D eigenvalue weighted by Crippen LogP contribution is 2.54. The molecule has 0 radical (unpaired) electrons. The Labute approximate surface area is 101 Å². The number of ether oxygens (including phenoxy) is 1. The number of fused-ring (bicyclic) bond motifs is 2. The van der Waals surface area contributed by atoms with Crippen molar-refractivity contribution >= 4 is 52.2 Å². The topological polar surface area (TPSA) is 26.3 Å². The summed E-state index contributed by atoms with van der Waals surface area (Å²) < 4.78 is 1.96. The predicted octanol–water partition coefficient (Wildman–Crippen LogP) is 2.63. The van der Waals surface area contributed by atoms with Crippen LogP contribution in [0.1, 0.15) is 6.92 Å². The molecule has 14 heavy (non-hydrogen) atoms. The van der Waals surface area contributed by atoms with Gasteiger partial charge in [0.05, 0.1) is 0 Å². The van der Waals surface area contributed by atoms with Crippen molar-refractivity contribution in [2.45, 2.75) is 27.3 Å². The molecule has 6 heteroatoms. The van der Waals surface area contributed by atoms with Crippen LogP contribution in [-0.2, 0) is 9.53 Å². The zero-order valence-electron chi connectivity index (χ0n) is 7.06. The first-order valence-electron chi connectivity index (χ1n) is 3.89. The predicted molar refractivity (Wildman–Crippen MR) is 56.3 cm³/mol. The molecule has 0 amide bonds. The maximum absolute atomic E-state index is 11.8. The van der Waals surface area contributed by atoms with E-state index in [1.54, 1.807) is 19.1 Å². The van der Waals surface area contributed by atoms with E-state index in [-0.39, 0.29) is 0 Å². The van der Waals surface area contributed by atoms with Gasteiger partial charge in [0, 0.05) is 0 Å². The van der Waals surface area contributed by atoms with Gasteiger partial charge in [-0.05, 0) is 6.92 Å². The third-order valence-corrected chi connectivity index (χ3v) is 4.40. The first kappa shape index (κ1) is 11.0. The Morgan fingerprint density at radius 1 is 1.36 bits per heavy atom. The minimum absolute atomic E-state index is 0.639. The van der Waals surface area contributed by atoms with Crippen LogP contribution in [0.15, 0.2) is 12.2 Å². The molecule has 0 spiro atoms. The number of hydrogen-bond donors (Lipinski definition) is 0. The average molecular weight is 276 g/mol. The van der Waals surface area contributed by atoms with Crippen LogP contribution in [0.5, 0.6) is 0 Å². The van der Waals surface area contributed by atoms with Crippen molar-refractivity contribution in [1.29, 1.82) is 0 Å². The number of rotatable bonds is 0. The van der Waals surface area contributed by atoms with E-state index in [2.05, 4.69) is 0 Å². The van der Waals surface area contributed by atoms with E-state index in [4.69, 9.17) is 51.1 Å². The van der Waals surface area contributed by atoms with Crippen molar-refractivity contribution in [3.8, 4) is 0 Å². The summed E-state index contributed by atoms with van der Waals surface area (Å²) in [5, 5.41) is 0. The van der Waals surface area contributed by atoms with Gasteiger partial charge in [0.25, 0.3) is 0 Å². The Morgan fingerprint density at radius 2 is 1.93 bits per heavy atom. The van der Waals surface area contributed by atoms with Gasteiger partial charge in [0.2, 0.25) is 14.4 Å². The lowest BCUT2D eigenvalue weighted by atomic mass is 9.95. The number of alkyl halides is 4. The van der Waals surface area contributed by atoms with Crippen LogP contribution in [0.2, 0.25) is 0 Å². The fourth-order valence-electron chi connectivity index (χ4n) is 1.55. The molecular weight excluding hydrogens is 270 g/mol. The van der Waals surface area contributed by atoms with Gasteiger partial charge in [-0.3, -0.25) is 4.79 Å². The summed E-state index contributed by atoms with van der Waals surface area (Å²) in [5.41, 5.74) is -1.05. The minimum atomic E-state index is -1.75. The first-order valence-corrected chi connectivity index (χ1v) is 5.41. The molecule has 2 aliphatic rings. The molecule has 0 saturated carbocycles. The normalized spacial score (nSPS) is 42.9. The van der Waals surface area contributed by atoms with Crippen molar-refractivity contribution in [3.05, 3.63) is 12.2 Å². The van der Waals surface area contributed by atoms with Crippen LogP contribution >= 0.6 is 46.4 Å². The summed E-state index contributed by atoms with van der Waals surface area (Å²) in [6, 6.07) is 0. The van der Waals surface area contributed by atoms with Crippen molar-refractivity contribution in [2.75, 3.05) is 0 Å². The maximum Gasteiger partial charge on any atom is 0.210 e. The molecule has 1 fully saturated rings. The molecule has 0 N–H and O–H groups in total. The lowest BCUT2D eigenvalue weighted by Crippen LogP contribution is -2.62. The lowest BCUT2D eigenvalue weighted by molar-refractivity contribution is -0.139. The smallest absolute Gasteiger partial charge is 0.210 e. The third-order valence-electron chi connectivity index (χ3n) is 2.53. The highest BCUT2D eigenvalue weighted by Gasteiger charge is 2.67. The van der Waals surface area contributed by atoms with Crippen molar-refractivity contribution in [3.63, 3.8) is 0 Å². The van der Waals surface area contributed by atoms with E-state index in [0.717, 1.165) is 0 Å². The summed E-state index contributed by atoms with van der Waals surface area (Å²) in [6.07, 6.45) is 2.53. The minimum Gasteiger partial charge on any atom is -0.357 e. The highest BCUT2D eigenvalue weighted by molar-refractivity contribution is 6.70. The fraction of sp³-hybridized carbons (Fsp3) is 0.625. The largest absolute Gasteiger partial charge is 0.357 e. The van der Waals surface area contributed by atoms with Crippen LogP contribution in [0, 0.1) is 0 Å². The zero-order chi connectivity index (χ0) is 10.8. The molecule has 2 rings (SSSR count).